The van der Waals surface area contributed by atoms with Crippen LogP contribution in [0.4, 0.5) is 13.2 Å². The number of carboxylic acids is 1. The minimum absolute atomic E-state index is 0.0723. The summed E-state index contributed by atoms with van der Waals surface area (Å²) in [6.45, 7) is -0.334. The summed E-state index contributed by atoms with van der Waals surface area (Å²) in [6.07, 6.45) is -0.366. The number of sulfonamides is 1. The van der Waals surface area contributed by atoms with Crippen LogP contribution in [-0.2, 0) is 14.8 Å². The van der Waals surface area contributed by atoms with E-state index in [1.165, 1.54) is 0 Å². The number of nitrogens with one attached hydrogen (secondary N) is 1. The zero-order valence-corrected chi connectivity index (χ0v) is 10.3. The fourth-order valence-corrected chi connectivity index (χ4v) is 2.50. The number of carbonyl (C=O) groups is 1. The summed E-state index contributed by atoms with van der Waals surface area (Å²) in [7, 11) is -3.69. The lowest BCUT2D eigenvalue weighted by atomic mass is 10.3. The molecule has 0 saturated heterocycles. The van der Waals surface area contributed by atoms with Crippen LogP contribution in [0.25, 0.3) is 0 Å². The molecule has 2 N–H and O–H groups in total. The molecule has 0 rings (SSSR count). The first-order valence-corrected chi connectivity index (χ1v) is 7.16. The number of alkyl halides is 3. The Kier molecular flexibility index (Phi) is 6.87. The predicted octanol–water partition coefficient (Wildman–Crippen LogP) is 1.02. The zero-order chi connectivity index (χ0) is 13.5. The van der Waals surface area contributed by atoms with E-state index in [-0.39, 0.29) is 31.1 Å². The smallest absolute Gasteiger partial charge is 0.441 e. The maximum Gasteiger partial charge on any atom is 0.441 e. The van der Waals surface area contributed by atoms with Gasteiger partial charge in [-0.25, -0.2) is 13.1 Å². The van der Waals surface area contributed by atoms with E-state index in [0.717, 1.165) is 0 Å². The van der Waals surface area contributed by atoms with Crippen LogP contribution < -0.4 is 4.72 Å². The molecular weight excluding hydrogens is 283 g/mol. The van der Waals surface area contributed by atoms with E-state index < -0.39 is 33.0 Å². The summed E-state index contributed by atoms with van der Waals surface area (Å²) >= 11 is -0.318. The molecule has 0 aliphatic rings. The van der Waals surface area contributed by atoms with Crippen molar-refractivity contribution in [3.63, 3.8) is 0 Å². The van der Waals surface area contributed by atoms with Crippen molar-refractivity contribution in [1.82, 2.24) is 4.72 Å². The van der Waals surface area contributed by atoms with Gasteiger partial charge in [-0.3, -0.25) is 4.79 Å². The van der Waals surface area contributed by atoms with Crippen molar-refractivity contribution in [1.29, 1.82) is 0 Å². The minimum Gasteiger partial charge on any atom is -0.481 e. The molecule has 0 atom stereocenters. The van der Waals surface area contributed by atoms with Crippen molar-refractivity contribution < 1.29 is 31.5 Å². The van der Waals surface area contributed by atoms with Crippen molar-refractivity contribution in [2.75, 3.05) is 18.1 Å². The lowest BCUT2D eigenvalue weighted by molar-refractivity contribution is -0.137. The number of hydrogen-bond donors (Lipinski definition) is 2. The first-order valence-electron chi connectivity index (χ1n) is 4.52. The number of halogens is 3. The van der Waals surface area contributed by atoms with E-state index in [9.17, 15) is 26.4 Å². The molecule has 0 aromatic carbocycles. The van der Waals surface area contributed by atoms with Gasteiger partial charge in [0, 0.05) is 18.7 Å². The highest BCUT2D eigenvalue weighted by Crippen LogP contribution is 2.29. The molecule has 0 aliphatic carbocycles. The Hall–Kier alpha value is -0.480. The third-order valence-corrected chi connectivity index (χ3v) is 3.70. The molecule has 0 aromatic heterocycles. The maximum absolute atomic E-state index is 11.7. The van der Waals surface area contributed by atoms with Gasteiger partial charge < -0.3 is 5.11 Å². The van der Waals surface area contributed by atoms with E-state index in [0.29, 0.717) is 0 Å². The first-order chi connectivity index (χ1) is 7.62. The molecule has 0 fully saturated rings. The standard InChI is InChI=1S/C7H12F3NO4S2/c8-7(9,10)16-4-3-11-17(14,15)5-1-2-6(12)13/h11H,1-5H2,(H,12,13). The molecule has 0 unspecified atom stereocenters. The van der Waals surface area contributed by atoms with Gasteiger partial charge in [0.1, 0.15) is 0 Å². The van der Waals surface area contributed by atoms with Gasteiger partial charge in [0.2, 0.25) is 10.0 Å². The molecule has 0 radical (unpaired) electrons. The van der Waals surface area contributed by atoms with Crippen LogP contribution in [0.15, 0.2) is 0 Å². The van der Waals surface area contributed by atoms with Crippen molar-refractivity contribution in [2.45, 2.75) is 18.3 Å². The molecule has 0 bridgehead atoms. The van der Waals surface area contributed by atoms with Crippen LogP contribution in [0.1, 0.15) is 12.8 Å². The molecule has 5 nitrogen and oxygen atoms in total. The number of hydrogen-bond acceptors (Lipinski definition) is 4. The van der Waals surface area contributed by atoms with Crippen LogP contribution in [0.2, 0.25) is 0 Å². The highest BCUT2D eigenvalue weighted by atomic mass is 32.2. The van der Waals surface area contributed by atoms with E-state index >= 15 is 0 Å². The number of aliphatic carboxylic acids is 1. The third kappa shape index (κ3) is 11.8. The van der Waals surface area contributed by atoms with E-state index in [1.54, 1.807) is 0 Å². The SMILES string of the molecule is O=C(O)CCCS(=O)(=O)NCCSC(F)(F)F. The molecule has 10 heteroatoms. The van der Waals surface area contributed by atoms with Gasteiger partial charge >= 0.3 is 11.5 Å². The lowest BCUT2D eigenvalue weighted by Crippen LogP contribution is -2.29. The fourth-order valence-electron chi connectivity index (χ4n) is 0.850. The highest BCUT2D eigenvalue weighted by molar-refractivity contribution is 8.00. The summed E-state index contributed by atoms with van der Waals surface area (Å²) < 4.78 is 59.3. The molecule has 0 aromatic rings. The molecule has 0 spiro atoms. The van der Waals surface area contributed by atoms with Gasteiger partial charge in [-0.1, -0.05) is 0 Å². The summed E-state index contributed by atoms with van der Waals surface area (Å²) in [6, 6.07) is 0. The van der Waals surface area contributed by atoms with Gasteiger partial charge in [-0.05, 0) is 18.2 Å². The fraction of sp³-hybridized carbons (Fsp3) is 0.857. The molecular formula is C7H12F3NO4S2. The van der Waals surface area contributed by atoms with Gasteiger partial charge in [0.25, 0.3) is 0 Å². The van der Waals surface area contributed by atoms with Crippen molar-refractivity contribution in [2.24, 2.45) is 0 Å². The van der Waals surface area contributed by atoms with Gasteiger partial charge in [-0.15, -0.1) is 0 Å². The van der Waals surface area contributed by atoms with E-state index in [2.05, 4.69) is 0 Å². The largest absolute Gasteiger partial charge is 0.481 e. The van der Waals surface area contributed by atoms with Gasteiger partial charge in [0.05, 0.1) is 5.75 Å². The number of carboxylic acid groups (broad SMARTS) is 1. The van der Waals surface area contributed by atoms with Crippen molar-refractivity contribution in [3.05, 3.63) is 0 Å². The van der Waals surface area contributed by atoms with Crippen molar-refractivity contribution in [3.8, 4) is 0 Å². The van der Waals surface area contributed by atoms with Gasteiger partial charge in [-0.2, -0.15) is 13.2 Å². The Labute approximate surface area is 101 Å². The summed E-state index contributed by atoms with van der Waals surface area (Å²) in [5.41, 5.74) is -4.38. The quantitative estimate of drug-likeness (QED) is 0.653. The first kappa shape index (κ1) is 16.5. The molecule has 0 heterocycles. The number of rotatable bonds is 8. The number of thioether (sulfide) groups is 1. The Morgan fingerprint density at radius 1 is 1.35 bits per heavy atom. The monoisotopic (exact) mass is 295 g/mol. The average Bonchev–Trinajstić information content (AvgIpc) is 2.10. The normalized spacial score (nSPS) is 12.6. The Morgan fingerprint density at radius 2 is 1.94 bits per heavy atom. The predicted molar refractivity (Wildman–Crippen MR) is 57.2 cm³/mol. The minimum atomic E-state index is -4.38. The maximum atomic E-state index is 11.7. The van der Waals surface area contributed by atoms with Crippen LogP contribution in [0.5, 0.6) is 0 Å². The Bertz CT molecular complexity index is 342. The lowest BCUT2D eigenvalue weighted by Gasteiger charge is -2.07. The average molecular weight is 295 g/mol. The van der Waals surface area contributed by atoms with E-state index in [1.807, 2.05) is 4.72 Å². The second-order valence-corrected chi connectivity index (χ2v) is 6.09. The van der Waals surface area contributed by atoms with E-state index in [4.69, 9.17) is 5.11 Å². The summed E-state index contributed by atoms with van der Waals surface area (Å²) in [5.74, 6) is -1.94. The Morgan fingerprint density at radius 3 is 2.41 bits per heavy atom. The van der Waals surface area contributed by atoms with Crippen LogP contribution in [-0.4, -0.2) is 43.1 Å². The zero-order valence-electron chi connectivity index (χ0n) is 8.66. The summed E-state index contributed by atoms with van der Waals surface area (Å²) in [4.78, 5) is 10.1. The molecule has 17 heavy (non-hydrogen) atoms. The molecule has 102 valence electrons. The second-order valence-electron chi connectivity index (χ2n) is 3.00. The summed E-state index contributed by atoms with van der Waals surface area (Å²) in [5, 5.41) is 8.27. The molecule has 0 aliphatic heterocycles. The van der Waals surface area contributed by atoms with Crippen molar-refractivity contribution >= 4 is 27.8 Å². The van der Waals surface area contributed by atoms with Crippen LogP contribution in [0.3, 0.4) is 0 Å². The molecule has 0 amide bonds. The Balaban J connectivity index is 3.75. The molecule has 0 saturated carbocycles. The topological polar surface area (TPSA) is 83.5 Å². The van der Waals surface area contributed by atoms with Crippen LogP contribution >= 0.6 is 11.8 Å². The second kappa shape index (κ2) is 7.07. The third-order valence-electron chi connectivity index (χ3n) is 1.49. The van der Waals surface area contributed by atoms with Crippen LogP contribution in [0, 0.1) is 0 Å². The van der Waals surface area contributed by atoms with Gasteiger partial charge in [0.15, 0.2) is 0 Å². The highest BCUT2D eigenvalue weighted by Gasteiger charge is 2.27.